The highest BCUT2D eigenvalue weighted by Crippen LogP contribution is 2.51. The van der Waals surface area contributed by atoms with Crippen LogP contribution in [-0.4, -0.2) is 65.1 Å². The number of epoxide rings is 2. The highest BCUT2D eigenvalue weighted by Gasteiger charge is 2.41. The van der Waals surface area contributed by atoms with E-state index in [1.165, 1.54) is 110 Å². The maximum Gasteiger partial charge on any atom is 0.126 e. The lowest BCUT2D eigenvalue weighted by atomic mass is 9.67. The van der Waals surface area contributed by atoms with Crippen molar-refractivity contribution in [1.29, 1.82) is 0 Å². The molecule has 2 saturated heterocycles. The van der Waals surface area contributed by atoms with Gasteiger partial charge in [0.05, 0.1) is 13.2 Å². The molecule has 6 nitrogen and oxygen atoms in total. The van der Waals surface area contributed by atoms with E-state index in [9.17, 15) is 0 Å². The molecule has 2 aromatic carbocycles. The lowest BCUT2D eigenvalue weighted by Gasteiger charge is -2.39. The number of benzene rings is 2. The van der Waals surface area contributed by atoms with E-state index in [-0.39, 0.29) is 51.5 Å². The van der Waals surface area contributed by atoms with Gasteiger partial charge in [-0.25, -0.2) is 0 Å². The molecule has 0 aromatic heterocycles. The number of rotatable bonds is 32. The number of hydrogen-bond donors (Lipinski definition) is 0. The first-order valence-electron chi connectivity index (χ1n) is 25.7. The minimum absolute atomic E-state index is 0.0943. The summed E-state index contributed by atoms with van der Waals surface area (Å²) in [6, 6.07) is 10.2. The van der Waals surface area contributed by atoms with Crippen molar-refractivity contribution >= 4 is 0 Å². The molecular weight excluding hydrogens is 781 g/mol. The Kier molecular flexibility index (Phi) is 20.0. The van der Waals surface area contributed by atoms with Crippen LogP contribution in [0.1, 0.15) is 233 Å². The van der Waals surface area contributed by atoms with Crippen molar-refractivity contribution < 1.29 is 28.4 Å². The Balaban J connectivity index is 2.05. The van der Waals surface area contributed by atoms with Crippen molar-refractivity contribution in [2.24, 2.45) is 0 Å². The lowest BCUT2D eigenvalue weighted by molar-refractivity contribution is 0.0361. The molecule has 2 aliphatic heterocycles. The van der Waals surface area contributed by atoms with Gasteiger partial charge in [-0.3, -0.25) is 0 Å². The molecule has 2 heterocycles. The molecule has 0 saturated carbocycles. The fourth-order valence-corrected chi connectivity index (χ4v) is 9.80. The molecule has 360 valence electrons. The van der Waals surface area contributed by atoms with Crippen molar-refractivity contribution in [2.75, 3.05) is 40.6 Å². The smallest absolute Gasteiger partial charge is 0.126 e. The summed E-state index contributed by atoms with van der Waals surface area (Å²) in [6.07, 6.45) is 18.9. The zero-order chi connectivity index (χ0) is 46.6. The summed E-state index contributed by atoms with van der Waals surface area (Å²) in [5.41, 5.74) is 7.22. The molecule has 2 aliphatic rings. The van der Waals surface area contributed by atoms with Crippen molar-refractivity contribution in [3.05, 3.63) is 57.6 Å². The van der Waals surface area contributed by atoms with E-state index in [0.717, 1.165) is 50.4 Å². The first-order chi connectivity index (χ1) is 29.7. The maximum absolute atomic E-state index is 7.15. The number of ether oxygens (including phenoxy) is 6. The summed E-state index contributed by atoms with van der Waals surface area (Å²) in [5.74, 6) is 2.12. The molecule has 0 spiro atoms. The van der Waals surface area contributed by atoms with Gasteiger partial charge in [0.15, 0.2) is 0 Å². The highest BCUT2D eigenvalue weighted by molar-refractivity contribution is 5.58. The SMILES string of the molecule is CCCCCC(C)(C)c1cc(C(C)(C)c2cc(C(C)(C)CCCCC)c(OCC(OC)C3CO3)c(C(C)(C)CCCCC)c2)cc(C(C)(C)CCCCC)c1OCC(OC)C1CO1. The van der Waals surface area contributed by atoms with Crippen LogP contribution in [0.15, 0.2) is 24.3 Å². The Morgan fingerprint density at radius 3 is 0.921 bits per heavy atom. The van der Waals surface area contributed by atoms with Gasteiger partial charge in [0, 0.05) is 41.9 Å². The number of hydrogen-bond acceptors (Lipinski definition) is 6. The van der Waals surface area contributed by atoms with Crippen LogP contribution >= 0.6 is 0 Å². The summed E-state index contributed by atoms with van der Waals surface area (Å²) in [5, 5.41) is 0. The van der Waals surface area contributed by atoms with E-state index >= 15 is 0 Å². The monoisotopic (exact) mass is 877 g/mol. The average Bonchev–Trinajstić information content (AvgIpc) is 4.17. The Morgan fingerprint density at radius 2 is 0.714 bits per heavy atom. The third-order valence-corrected chi connectivity index (χ3v) is 15.1. The van der Waals surface area contributed by atoms with Crippen LogP contribution in [0.2, 0.25) is 0 Å². The molecule has 0 radical (unpaired) electrons. The van der Waals surface area contributed by atoms with Gasteiger partial charge in [-0.1, -0.05) is 198 Å². The van der Waals surface area contributed by atoms with Crippen molar-refractivity contribution in [1.82, 2.24) is 0 Å². The third-order valence-electron chi connectivity index (χ3n) is 15.1. The lowest BCUT2D eigenvalue weighted by Crippen LogP contribution is -2.32. The summed E-state index contributed by atoms with van der Waals surface area (Å²) in [7, 11) is 3.58. The van der Waals surface area contributed by atoms with Gasteiger partial charge in [-0.05, 0) is 58.5 Å². The highest BCUT2D eigenvalue weighted by atomic mass is 16.6. The first-order valence-corrected chi connectivity index (χ1v) is 25.7. The molecule has 4 unspecified atom stereocenters. The van der Waals surface area contributed by atoms with Crippen LogP contribution in [0.4, 0.5) is 0 Å². The van der Waals surface area contributed by atoms with Crippen LogP contribution in [0.25, 0.3) is 0 Å². The molecule has 63 heavy (non-hydrogen) atoms. The summed E-state index contributed by atoms with van der Waals surface area (Å²) < 4.78 is 37.7. The molecule has 4 atom stereocenters. The largest absolute Gasteiger partial charge is 0.490 e. The third kappa shape index (κ3) is 14.4. The minimum atomic E-state index is -0.337. The van der Waals surface area contributed by atoms with Crippen LogP contribution in [0, 0.1) is 0 Å². The number of unbranched alkanes of at least 4 members (excludes halogenated alkanes) is 8. The summed E-state index contributed by atoms with van der Waals surface area (Å²) >= 11 is 0. The fraction of sp³-hybridized carbons (Fsp3) is 0.789. The Labute approximate surface area is 388 Å². The molecule has 2 fully saturated rings. The van der Waals surface area contributed by atoms with Gasteiger partial charge in [0.2, 0.25) is 0 Å². The van der Waals surface area contributed by atoms with Gasteiger partial charge in [0.25, 0.3) is 0 Å². The first kappa shape index (κ1) is 53.5. The van der Waals surface area contributed by atoms with Gasteiger partial charge < -0.3 is 28.4 Å². The van der Waals surface area contributed by atoms with E-state index in [4.69, 9.17) is 28.4 Å². The molecule has 0 bridgehead atoms. The normalized spacial score (nSPS) is 18.1. The van der Waals surface area contributed by atoms with Crippen LogP contribution in [-0.2, 0) is 46.0 Å². The van der Waals surface area contributed by atoms with Crippen molar-refractivity contribution in [3.8, 4) is 11.5 Å². The van der Waals surface area contributed by atoms with Gasteiger partial charge >= 0.3 is 0 Å². The van der Waals surface area contributed by atoms with Crippen molar-refractivity contribution in [3.63, 3.8) is 0 Å². The second kappa shape index (κ2) is 23.6. The topological polar surface area (TPSA) is 62.0 Å². The molecule has 0 amide bonds. The predicted molar refractivity (Wildman–Crippen MR) is 266 cm³/mol. The van der Waals surface area contributed by atoms with E-state index in [1.807, 2.05) is 0 Å². The maximum atomic E-state index is 7.15. The van der Waals surface area contributed by atoms with Gasteiger partial charge in [-0.15, -0.1) is 0 Å². The van der Waals surface area contributed by atoms with Crippen molar-refractivity contribution in [2.45, 2.75) is 251 Å². The second-order valence-electron chi connectivity index (χ2n) is 22.7. The van der Waals surface area contributed by atoms with Crippen LogP contribution < -0.4 is 9.47 Å². The minimum Gasteiger partial charge on any atom is -0.490 e. The quantitative estimate of drug-likeness (QED) is 0.0539. The molecule has 0 aliphatic carbocycles. The average molecular weight is 877 g/mol. The Morgan fingerprint density at radius 1 is 0.460 bits per heavy atom. The van der Waals surface area contributed by atoms with Gasteiger partial charge in [-0.2, -0.15) is 0 Å². The molecule has 0 N–H and O–H groups in total. The molecule has 4 rings (SSSR count). The fourth-order valence-electron chi connectivity index (χ4n) is 9.80. The van der Waals surface area contributed by atoms with E-state index in [2.05, 4.69) is 121 Å². The Bertz CT molecular complexity index is 1470. The zero-order valence-electron chi connectivity index (χ0n) is 43.7. The standard InChI is InChI=1S/C57H96O6/c1-17-21-25-29-53(5,6)43-33-41(34-44(54(7,8)30-26-22-18-2)51(43)62-37-47(58-15)49-39-60-49)57(13,14)42-35-45(55(9,10)31-27-23-19-3)52(63-38-48(59-16)50-40-61-50)46(36-42)56(11,12)32-28-24-20-4/h33-36,47-50H,17-32,37-40H2,1-16H3. The van der Waals surface area contributed by atoms with E-state index in [0.29, 0.717) is 13.2 Å². The number of methoxy groups -OCH3 is 2. The van der Waals surface area contributed by atoms with Crippen LogP contribution in [0.5, 0.6) is 11.5 Å². The summed E-state index contributed by atoms with van der Waals surface area (Å²) in [6.45, 7) is 36.2. The zero-order valence-corrected chi connectivity index (χ0v) is 43.7. The second-order valence-corrected chi connectivity index (χ2v) is 22.7. The molecule has 6 heteroatoms. The molecular formula is C57H96O6. The predicted octanol–water partition coefficient (Wildman–Crippen LogP) is 15.0. The van der Waals surface area contributed by atoms with E-state index in [1.54, 1.807) is 14.2 Å². The summed E-state index contributed by atoms with van der Waals surface area (Å²) in [4.78, 5) is 0. The van der Waals surface area contributed by atoms with E-state index < -0.39 is 0 Å². The molecule has 2 aromatic rings. The van der Waals surface area contributed by atoms with Crippen LogP contribution in [0.3, 0.4) is 0 Å². The van der Waals surface area contributed by atoms with Gasteiger partial charge in [0.1, 0.15) is 49.1 Å². The Hall–Kier alpha value is -2.12.